The number of fused-ring (bicyclic) bond motifs is 2. The van der Waals surface area contributed by atoms with Gasteiger partial charge in [0, 0.05) is 0 Å². The molecule has 3 aliphatic rings. The number of rotatable bonds is 1. The molecule has 1 spiro atoms. The Morgan fingerprint density at radius 1 is 1.41 bits per heavy atom. The monoisotopic (exact) mass is 236 g/mol. The summed E-state index contributed by atoms with van der Waals surface area (Å²) in [4.78, 5) is 0. The molecule has 0 heterocycles. The maximum atomic E-state index is 10.6. The molecule has 2 heteroatoms. The normalized spacial score (nSPS) is 53.2. The molecule has 96 valence electrons. The fraction of sp³-hybridized carbons (Fsp3) is 0.867. The number of hydrogen-bond donors (Lipinski definition) is 2. The van der Waals surface area contributed by atoms with E-state index >= 15 is 0 Å². The van der Waals surface area contributed by atoms with Gasteiger partial charge in [0.2, 0.25) is 0 Å². The lowest BCUT2D eigenvalue weighted by atomic mass is 9.58. The fourth-order valence-electron chi connectivity index (χ4n) is 4.53. The van der Waals surface area contributed by atoms with Crippen molar-refractivity contribution in [2.75, 3.05) is 6.61 Å². The lowest BCUT2D eigenvalue weighted by Gasteiger charge is -2.49. The standard InChI is InChI=1S/C15H24O2/c1-10-8-15(10)6-5-14(2,17)12-4-3-11(9-16)7-13(12)15/h7,10,12-13,16-17H,3-6,8-9H2,1-2H3/t10-,12-,13+,14+,15+/m0/s1. The van der Waals surface area contributed by atoms with E-state index in [2.05, 4.69) is 13.0 Å². The SMILES string of the molecule is C[C@H]1C[C@]12CC[C@@](C)(O)[C@H]1CCC(CO)=C[C@H]12. The lowest BCUT2D eigenvalue weighted by Crippen LogP contribution is -2.48. The van der Waals surface area contributed by atoms with Crippen LogP contribution in [0.5, 0.6) is 0 Å². The van der Waals surface area contributed by atoms with Crippen LogP contribution in [0, 0.1) is 23.2 Å². The third-order valence-electron chi connectivity index (χ3n) is 5.90. The largest absolute Gasteiger partial charge is 0.392 e. The molecule has 5 atom stereocenters. The minimum Gasteiger partial charge on any atom is -0.392 e. The summed E-state index contributed by atoms with van der Waals surface area (Å²) in [5.41, 5.74) is 1.17. The Morgan fingerprint density at radius 3 is 2.71 bits per heavy atom. The van der Waals surface area contributed by atoms with Crippen LogP contribution in [0.25, 0.3) is 0 Å². The summed E-state index contributed by atoms with van der Waals surface area (Å²) in [6.07, 6.45) is 7.78. The van der Waals surface area contributed by atoms with Gasteiger partial charge >= 0.3 is 0 Å². The molecule has 3 aliphatic carbocycles. The minimum atomic E-state index is -0.490. The van der Waals surface area contributed by atoms with Crippen molar-refractivity contribution in [3.8, 4) is 0 Å². The molecule has 17 heavy (non-hydrogen) atoms. The van der Waals surface area contributed by atoms with Crippen molar-refractivity contribution in [3.05, 3.63) is 11.6 Å². The number of aliphatic hydroxyl groups excluding tert-OH is 1. The Morgan fingerprint density at radius 2 is 2.12 bits per heavy atom. The summed E-state index contributed by atoms with van der Waals surface area (Å²) in [6, 6.07) is 0. The Hall–Kier alpha value is -0.340. The molecular formula is C15H24O2. The minimum absolute atomic E-state index is 0.204. The van der Waals surface area contributed by atoms with Crippen molar-refractivity contribution >= 4 is 0 Å². The lowest BCUT2D eigenvalue weighted by molar-refractivity contribution is -0.0830. The van der Waals surface area contributed by atoms with Gasteiger partial charge in [0.1, 0.15) is 0 Å². The molecule has 0 aromatic heterocycles. The van der Waals surface area contributed by atoms with E-state index in [9.17, 15) is 10.2 Å². The maximum Gasteiger partial charge on any atom is 0.0654 e. The van der Waals surface area contributed by atoms with Gasteiger partial charge in [0.15, 0.2) is 0 Å². The smallest absolute Gasteiger partial charge is 0.0654 e. The summed E-state index contributed by atoms with van der Waals surface area (Å²) in [7, 11) is 0. The Kier molecular flexibility index (Phi) is 2.47. The van der Waals surface area contributed by atoms with Crippen LogP contribution in [-0.2, 0) is 0 Å². The first-order chi connectivity index (χ1) is 7.99. The van der Waals surface area contributed by atoms with Crippen LogP contribution in [0.4, 0.5) is 0 Å². The van der Waals surface area contributed by atoms with Crippen molar-refractivity contribution in [1.29, 1.82) is 0 Å². The van der Waals surface area contributed by atoms with E-state index in [1.165, 1.54) is 12.0 Å². The molecule has 0 unspecified atom stereocenters. The van der Waals surface area contributed by atoms with Crippen LogP contribution in [-0.4, -0.2) is 22.4 Å². The molecule has 3 rings (SSSR count). The predicted molar refractivity (Wildman–Crippen MR) is 67.5 cm³/mol. The van der Waals surface area contributed by atoms with Crippen molar-refractivity contribution in [2.45, 2.75) is 51.6 Å². The van der Waals surface area contributed by atoms with Crippen LogP contribution in [0.15, 0.2) is 11.6 Å². The van der Waals surface area contributed by atoms with Crippen molar-refractivity contribution in [1.82, 2.24) is 0 Å². The molecular weight excluding hydrogens is 212 g/mol. The highest BCUT2D eigenvalue weighted by atomic mass is 16.3. The number of allylic oxidation sites excluding steroid dienone is 1. The molecule has 0 aromatic rings. The third-order valence-corrected chi connectivity index (χ3v) is 5.90. The van der Waals surface area contributed by atoms with Crippen molar-refractivity contribution in [2.24, 2.45) is 23.2 Å². The van der Waals surface area contributed by atoms with Gasteiger partial charge in [-0.1, -0.05) is 13.0 Å². The van der Waals surface area contributed by atoms with Gasteiger partial charge in [-0.2, -0.15) is 0 Å². The molecule has 0 aromatic carbocycles. The molecule has 2 N–H and O–H groups in total. The molecule has 0 radical (unpaired) electrons. The first-order valence-electron chi connectivity index (χ1n) is 7.02. The second kappa shape index (κ2) is 3.58. The second-order valence-corrected chi connectivity index (χ2v) is 6.85. The van der Waals surface area contributed by atoms with E-state index in [0.717, 1.165) is 31.6 Å². The summed E-state index contributed by atoms with van der Waals surface area (Å²) < 4.78 is 0. The van der Waals surface area contributed by atoms with Crippen LogP contribution in [0.2, 0.25) is 0 Å². The summed E-state index contributed by atoms with van der Waals surface area (Å²) >= 11 is 0. The van der Waals surface area contributed by atoms with E-state index in [4.69, 9.17) is 0 Å². The Labute approximate surface area is 104 Å². The van der Waals surface area contributed by atoms with Crippen molar-refractivity contribution in [3.63, 3.8) is 0 Å². The van der Waals surface area contributed by atoms with Gasteiger partial charge in [0.05, 0.1) is 12.2 Å². The van der Waals surface area contributed by atoms with Gasteiger partial charge < -0.3 is 10.2 Å². The average molecular weight is 236 g/mol. The first kappa shape index (κ1) is 11.7. The topological polar surface area (TPSA) is 40.5 Å². The Bertz CT molecular complexity index is 358. The van der Waals surface area contributed by atoms with Crippen LogP contribution < -0.4 is 0 Å². The van der Waals surface area contributed by atoms with E-state index < -0.39 is 5.60 Å². The Balaban J connectivity index is 1.95. The zero-order chi connectivity index (χ0) is 12.3. The van der Waals surface area contributed by atoms with E-state index in [0.29, 0.717) is 17.3 Å². The van der Waals surface area contributed by atoms with Gasteiger partial charge in [-0.25, -0.2) is 0 Å². The zero-order valence-corrected chi connectivity index (χ0v) is 10.9. The van der Waals surface area contributed by atoms with Gasteiger partial charge in [-0.3, -0.25) is 0 Å². The van der Waals surface area contributed by atoms with Crippen molar-refractivity contribution < 1.29 is 10.2 Å². The molecule has 2 nitrogen and oxygen atoms in total. The molecule has 0 aliphatic heterocycles. The van der Waals surface area contributed by atoms with Gasteiger partial charge in [-0.05, 0) is 67.8 Å². The maximum absolute atomic E-state index is 10.6. The van der Waals surface area contributed by atoms with Gasteiger partial charge in [0.25, 0.3) is 0 Å². The molecule has 2 saturated carbocycles. The first-order valence-corrected chi connectivity index (χ1v) is 7.02. The number of hydrogen-bond acceptors (Lipinski definition) is 2. The zero-order valence-electron chi connectivity index (χ0n) is 10.9. The molecule has 2 fully saturated rings. The summed E-state index contributed by atoms with van der Waals surface area (Å²) in [5, 5.41) is 19.9. The summed E-state index contributed by atoms with van der Waals surface area (Å²) in [5.74, 6) is 1.73. The average Bonchev–Trinajstić information content (AvgIpc) is 2.96. The second-order valence-electron chi connectivity index (χ2n) is 6.85. The fourth-order valence-corrected chi connectivity index (χ4v) is 4.53. The predicted octanol–water partition coefficient (Wildman–Crippen LogP) is 2.50. The van der Waals surface area contributed by atoms with Crippen LogP contribution >= 0.6 is 0 Å². The highest BCUT2D eigenvalue weighted by molar-refractivity contribution is 5.23. The van der Waals surface area contributed by atoms with Crippen LogP contribution in [0.1, 0.15) is 46.0 Å². The summed E-state index contributed by atoms with van der Waals surface area (Å²) in [6.45, 7) is 4.57. The molecule has 0 amide bonds. The quantitative estimate of drug-likeness (QED) is 0.687. The third kappa shape index (κ3) is 1.61. The van der Waals surface area contributed by atoms with E-state index in [1.807, 2.05) is 6.92 Å². The van der Waals surface area contributed by atoms with Crippen LogP contribution in [0.3, 0.4) is 0 Å². The van der Waals surface area contributed by atoms with E-state index in [-0.39, 0.29) is 6.61 Å². The molecule has 0 saturated heterocycles. The molecule has 0 bridgehead atoms. The highest BCUT2D eigenvalue weighted by Gasteiger charge is 2.62. The highest BCUT2D eigenvalue weighted by Crippen LogP contribution is 2.68. The number of aliphatic hydroxyl groups is 2. The van der Waals surface area contributed by atoms with E-state index in [1.54, 1.807) is 0 Å². The van der Waals surface area contributed by atoms with Gasteiger partial charge in [-0.15, -0.1) is 0 Å².